The quantitative estimate of drug-likeness (QED) is 0.808. The summed E-state index contributed by atoms with van der Waals surface area (Å²) in [5.41, 5.74) is 1.61. The molecule has 0 fully saturated rings. The van der Waals surface area contributed by atoms with Crippen molar-refractivity contribution in [2.45, 2.75) is 11.8 Å². The van der Waals surface area contributed by atoms with Crippen LogP contribution in [0.1, 0.15) is 27.7 Å². The highest BCUT2D eigenvalue weighted by Crippen LogP contribution is 2.28. The zero-order valence-corrected chi connectivity index (χ0v) is 12.2. The van der Waals surface area contributed by atoms with E-state index < -0.39 is 17.5 Å². The van der Waals surface area contributed by atoms with Crippen LogP contribution in [0.4, 0.5) is 14.5 Å². The Balaban J connectivity index is 2.26. The minimum Gasteiger partial charge on any atom is -0.322 e. The molecule has 0 saturated heterocycles. The molecule has 2 nitrogen and oxygen atoms in total. The number of anilines is 1. The van der Waals surface area contributed by atoms with Gasteiger partial charge in [0.05, 0.1) is 0 Å². The lowest BCUT2D eigenvalue weighted by molar-refractivity contribution is 0.102. The van der Waals surface area contributed by atoms with Crippen molar-refractivity contribution in [3.8, 4) is 0 Å². The zero-order chi connectivity index (χ0) is 14.7. The van der Waals surface area contributed by atoms with E-state index in [1.54, 1.807) is 12.1 Å². The van der Waals surface area contributed by atoms with Crippen LogP contribution >= 0.6 is 15.9 Å². The van der Waals surface area contributed by atoms with Gasteiger partial charge in [-0.05, 0) is 36.8 Å². The molecule has 0 spiro atoms. The van der Waals surface area contributed by atoms with E-state index in [-0.39, 0.29) is 10.4 Å². The summed E-state index contributed by atoms with van der Waals surface area (Å²) >= 11 is 3.44. The number of halogens is 3. The molecule has 104 valence electrons. The van der Waals surface area contributed by atoms with Gasteiger partial charge in [0.15, 0.2) is 11.6 Å². The van der Waals surface area contributed by atoms with Gasteiger partial charge in [-0.3, -0.25) is 4.79 Å². The van der Waals surface area contributed by atoms with Gasteiger partial charge in [0.25, 0.3) is 5.91 Å². The van der Waals surface area contributed by atoms with E-state index >= 15 is 0 Å². The third kappa shape index (κ3) is 3.22. The van der Waals surface area contributed by atoms with Gasteiger partial charge in [-0.25, -0.2) is 8.78 Å². The fraction of sp³-hybridized carbons (Fsp3) is 0.133. The highest BCUT2D eigenvalue weighted by molar-refractivity contribution is 9.09. The van der Waals surface area contributed by atoms with Crippen LogP contribution in [0.5, 0.6) is 0 Å². The number of carbonyl (C=O) groups is 1. The number of hydrogen-bond donors (Lipinski definition) is 1. The normalized spacial score (nSPS) is 12.0. The van der Waals surface area contributed by atoms with Gasteiger partial charge in [-0.2, -0.15) is 0 Å². The lowest BCUT2D eigenvalue weighted by atomic mass is 10.1. The largest absolute Gasteiger partial charge is 0.322 e. The molecule has 0 bridgehead atoms. The number of benzene rings is 2. The van der Waals surface area contributed by atoms with Crippen LogP contribution in [-0.2, 0) is 0 Å². The second-order valence-corrected chi connectivity index (χ2v) is 5.66. The number of hydrogen-bond acceptors (Lipinski definition) is 1. The summed E-state index contributed by atoms with van der Waals surface area (Å²) in [7, 11) is 0. The summed E-state index contributed by atoms with van der Waals surface area (Å²) in [5, 5.41) is 2.70. The Kier molecular flexibility index (Phi) is 4.49. The first-order valence-corrected chi connectivity index (χ1v) is 6.90. The second kappa shape index (κ2) is 6.13. The molecule has 5 heteroatoms. The van der Waals surface area contributed by atoms with Crippen molar-refractivity contribution in [1.29, 1.82) is 0 Å². The predicted molar refractivity (Wildman–Crippen MR) is 78.1 cm³/mol. The standard InChI is InChI=1S/C15H12BrF2NO/c1-9(16)11-4-2-3-5-14(11)19-15(20)10-6-7-12(17)13(18)8-10/h2-9H,1H3,(H,19,20). The van der Waals surface area contributed by atoms with E-state index in [1.165, 1.54) is 6.07 Å². The number of para-hydroxylation sites is 1. The monoisotopic (exact) mass is 339 g/mol. The number of amides is 1. The molecule has 0 radical (unpaired) electrons. The molecule has 1 amide bonds. The van der Waals surface area contributed by atoms with E-state index in [2.05, 4.69) is 21.2 Å². The van der Waals surface area contributed by atoms with Gasteiger partial charge in [0.1, 0.15) is 0 Å². The average molecular weight is 340 g/mol. The van der Waals surface area contributed by atoms with Crippen LogP contribution in [0.3, 0.4) is 0 Å². The number of alkyl halides is 1. The third-order valence-corrected chi connectivity index (χ3v) is 3.31. The molecule has 0 aliphatic rings. The minimum absolute atomic E-state index is 0.0592. The molecule has 1 atom stereocenters. The van der Waals surface area contributed by atoms with Gasteiger partial charge in [-0.15, -0.1) is 0 Å². The molecule has 2 rings (SSSR count). The summed E-state index contributed by atoms with van der Waals surface area (Å²) < 4.78 is 26.0. The van der Waals surface area contributed by atoms with Crippen molar-refractivity contribution >= 4 is 27.5 Å². The predicted octanol–water partition coefficient (Wildman–Crippen LogP) is 4.67. The Labute approximate surface area is 123 Å². The lowest BCUT2D eigenvalue weighted by Gasteiger charge is -2.12. The molecule has 0 aromatic heterocycles. The summed E-state index contributed by atoms with van der Waals surface area (Å²) in [6, 6.07) is 10.3. The maximum Gasteiger partial charge on any atom is 0.255 e. The van der Waals surface area contributed by atoms with Gasteiger partial charge in [0.2, 0.25) is 0 Å². The van der Waals surface area contributed by atoms with Crippen LogP contribution in [0.15, 0.2) is 42.5 Å². The SMILES string of the molecule is CC(Br)c1ccccc1NC(=O)c1ccc(F)c(F)c1. The average Bonchev–Trinajstić information content (AvgIpc) is 2.42. The zero-order valence-electron chi connectivity index (χ0n) is 10.7. The van der Waals surface area contributed by atoms with E-state index in [0.717, 1.165) is 17.7 Å². The molecular weight excluding hydrogens is 328 g/mol. The van der Waals surface area contributed by atoms with E-state index in [0.29, 0.717) is 5.69 Å². The van der Waals surface area contributed by atoms with Crippen molar-refractivity contribution in [2.75, 3.05) is 5.32 Å². The molecule has 0 aliphatic carbocycles. The molecule has 1 unspecified atom stereocenters. The van der Waals surface area contributed by atoms with E-state index in [4.69, 9.17) is 0 Å². The van der Waals surface area contributed by atoms with Crippen molar-refractivity contribution in [2.24, 2.45) is 0 Å². The van der Waals surface area contributed by atoms with Crippen molar-refractivity contribution in [3.05, 3.63) is 65.2 Å². The van der Waals surface area contributed by atoms with Crippen LogP contribution in [0.2, 0.25) is 0 Å². The summed E-state index contributed by atoms with van der Waals surface area (Å²) in [6.07, 6.45) is 0. The summed E-state index contributed by atoms with van der Waals surface area (Å²) in [6.45, 7) is 1.93. The fourth-order valence-electron chi connectivity index (χ4n) is 1.79. The molecule has 0 aliphatic heterocycles. The lowest BCUT2D eigenvalue weighted by Crippen LogP contribution is -2.13. The maximum absolute atomic E-state index is 13.1. The Morgan fingerprint density at radius 3 is 2.50 bits per heavy atom. The van der Waals surface area contributed by atoms with Crippen LogP contribution in [0.25, 0.3) is 0 Å². The molecule has 1 N–H and O–H groups in total. The van der Waals surface area contributed by atoms with Crippen LogP contribution in [0, 0.1) is 11.6 Å². The Bertz CT molecular complexity index is 644. The minimum atomic E-state index is -1.04. The van der Waals surface area contributed by atoms with Crippen LogP contribution < -0.4 is 5.32 Å². The first-order valence-electron chi connectivity index (χ1n) is 5.98. The molecule has 2 aromatic carbocycles. The molecule has 2 aromatic rings. The third-order valence-electron chi connectivity index (χ3n) is 2.82. The van der Waals surface area contributed by atoms with Crippen molar-refractivity contribution in [1.82, 2.24) is 0 Å². The topological polar surface area (TPSA) is 29.1 Å². The highest BCUT2D eigenvalue weighted by atomic mass is 79.9. The number of rotatable bonds is 3. The summed E-state index contributed by atoms with van der Waals surface area (Å²) in [4.78, 5) is 12.1. The van der Waals surface area contributed by atoms with Gasteiger partial charge >= 0.3 is 0 Å². The first-order chi connectivity index (χ1) is 9.49. The van der Waals surface area contributed by atoms with Gasteiger partial charge in [-0.1, -0.05) is 34.1 Å². The van der Waals surface area contributed by atoms with Crippen molar-refractivity contribution in [3.63, 3.8) is 0 Å². The second-order valence-electron chi connectivity index (χ2n) is 4.29. The molecule has 0 saturated carbocycles. The van der Waals surface area contributed by atoms with Crippen LogP contribution in [-0.4, -0.2) is 5.91 Å². The molecular formula is C15H12BrF2NO. The highest BCUT2D eigenvalue weighted by Gasteiger charge is 2.13. The van der Waals surface area contributed by atoms with Gasteiger partial charge < -0.3 is 5.32 Å². The Morgan fingerprint density at radius 1 is 1.15 bits per heavy atom. The smallest absolute Gasteiger partial charge is 0.255 e. The Hall–Kier alpha value is -1.75. The first kappa shape index (κ1) is 14.7. The number of carbonyl (C=O) groups excluding carboxylic acids is 1. The summed E-state index contributed by atoms with van der Waals surface area (Å²) in [5.74, 6) is -2.50. The molecule has 20 heavy (non-hydrogen) atoms. The fourth-order valence-corrected chi connectivity index (χ4v) is 2.19. The van der Waals surface area contributed by atoms with E-state index in [1.807, 2.05) is 19.1 Å². The van der Waals surface area contributed by atoms with Crippen molar-refractivity contribution < 1.29 is 13.6 Å². The molecule has 0 heterocycles. The van der Waals surface area contributed by atoms with E-state index in [9.17, 15) is 13.6 Å². The Morgan fingerprint density at radius 2 is 1.85 bits per heavy atom. The van der Waals surface area contributed by atoms with Gasteiger partial charge in [0, 0.05) is 16.1 Å². The number of nitrogens with one attached hydrogen (secondary N) is 1. The maximum atomic E-state index is 13.1.